The molecule has 2 aliphatic rings. The first kappa shape index (κ1) is 18.0. The van der Waals surface area contributed by atoms with Crippen molar-refractivity contribution < 1.29 is 22.7 Å². The summed E-state index contributed by atoms with van der Waals surface area (Å²) in [5.41, 5.74) is -0.880. The predicted octanol–water partition coefficient (Wildman–Crippen LogP) is 2.75. The van der Waals surface area contributed by atoms with Crippen LogP contribution in [0.5, 0.6) is 5.75 Å². The first-order valence-electron chi connectivity index (χ1n) is 8.42. The van der Waals surface area contributed by atoms with Crippen LogP contribution in [0.4, 0.5) is 13.2 Å². The third-order valence-electron chi connectivity index (χ3n) is 4.95. The van der Waals surface area contributed by atoms with E-state index in [1.165, 1.54) is 6.07 Å². The van der Waals surface area contributed by atoms with Crippen molar-refractivity contribution in [2.75, 3.05) is 19.7 Å². The maximum absolute atomic E-state index is 12.7. The highest BCUT2D eigenvalue weighted by Crippen LogP contribution is 2.48. The Kier molecular flexibility index (Phi) is 4.47. The van der Waals surface area contributed by atoms with E-state index in [4.69, 9.17) is 4.74 Å². The Morgan fingerprint density at radius 1 is 1.28 bits per heavy atom. The number of hydrogen-bond acceptors (Lipinski definition) is 3. The molecular formula is C18H23F3N2O2. The molecule has 1 aliphatic carbocycles. The highest BCUT2D eigenvalue weighted by atomic mass is 19.4. The van der Waals surface area contributed by atoms with Crippen LogP contribution in [0.25, 0.3) is 0 Å². The van der Waals surface area contributed by atoms with Gasteiger partial charge in [-0.3, -0.25) is 4.79 Å². The first-order valence-corrected chi connectivity index (χ1v) is 8.42. The average molecular weight is 356 g/mol. The molecule has 1 heterocycles. The number of aryl methyl sites for hydroxylation is 1. The van der Waals surface area contributed by atoms with Gasteiger partial charge < -0.3 is 15.4 Å². The number of ether oxygens (including phenoxy) is 1. The summed E-state index contributed by atoms with van der Waals surface area (Å²) in [6, 6.07) is 3.40. The number of piperidine rings is 1. The molecule has 2 fully saturated rings. The van der Waals surface area contributed by atoms with Crippen LogP contribution in [0.2, 0.25) is 0 Å². The molecule has 138 valence electrons. The summed E-state index contributed by atoms with van der Waals surface area (Å²) < 4.78 is 43.8. The minimum Gasteiger partial charge on any atom is -0.491 e. The van der Waals surface area contributed by atoms with Crippen molar-refractivity contribution >= 4 is 5.91 Å². The van der Waals surface area contributed by atoms with E-state index < -0.39 is 17.3 Å². The minimum atomic E-state index is -4.37. The van der Waals surface area contributed by atoms with E-state index in [0.717, 1.165) is 25.2 Å². The maximum Gasteiger partial charge on any atom is 0.416 e. The number of carbonyl (C=O) groups excluding carboxylic acids is 1. The van der Waals surface area contributed by atoms with Gasteiger partial charge in [0.05, 0.1) is 11.1 Å². The second-order valence-electron chi connectivity index (χ2n) is 7.65. The topological polar surface area (TPSA) is 50.4 Å². The van der Waals surface area contributed by atoms with Crippen molar-refractivity contribution in [1.82, 2.24) is 10.6 Å². The van der Waals surface area contributed by atoms with Gasteiger partial charge in [-0.05, 0) is 69.5 Å². The molecule has 2 N–H and O–H groups in total. The Morgan fingerprint density at radius 2 is 1.92 bits per heavy atom. The second-order valence-corrected chi connectivity index (χ2v) is 7.65. The fraction of sp³-hybridized carbons (Fsp3) is 0.611. The van der Waals surface area contributed by atoms with Crippen LogP contribution < -0.4 is 15.4 Å². The largest absolute Gasteiger partial charge is 0.491 e. The summed E-state index contributed by atoms with van der Waals surface area (Å²) >= 11 is 0. The normalized spacial score (nSPS) is 25.4. The Balaban J connectivity index is 1.56. The fourth-order valence-corrected chi connectivity index (χ4v) is 3.51. The van der Waals surface area contributed by atoms with Gasteiger partial charge in [0, 0.05) is 5.92 Å². The van der Waals surface area contributed by atoms with Crippen molar-refractivity contribution in [2.45, 2.75) is 32.5 Å². The summed E-state index contributed by atoms with van der Waals surface area (Å²) in [5, 5.41) is 6.25. The SMILES string of the molecule is Cc1cc(C(F)(F)F)ccc1OCC(C)(C)NC(=O)C1[C@H]2CNC[C@@H]12. The zero-order chi connectivity index (χ0) is 18.4. The Bertz CT molecular complexity index is 663. The van der Waals surface area contributed by atoms with E-state index in [1.54, 1.807) is 6.92 Å². The molecule has 1 aromatic carbocycles. The summed E-state index contributed by atoms with van der Waals surface area (Å²) in [6.45, 7) is 7.25. The second kappa shape index (κ2) is 6.20. The van der Waals surface area contributed by atoms with E-state index in [0.29, 0.717) is 23.1 Å². The third-order valence-corrected chi connectivity index (χ3v) is 4.95. The van der Waals surface area contributed by atoms with Gasteiger partial charge in [0.2, 0.25) is 5.91 Å². The zero-order valence-corrected chi connectivity index (χ0v) is 14.5. The van der Waals surface area contributed by atoms with Crippen LogP contribution in [-0.4, -0.2) is 31.1 Å². The number of fused-ring (bicyclic) bond motifs is 1. The van der Waals surface area contributed by atoms with Crippen LogP contribution in [0, 0.1) is 24.7 Å². The molecule has 0 aromatic heterocycles. The standard InChI is InChI=1S/C18H23F3N2O2/c1-10-6-11(18(19,20)21)4-5-14(10)25-9-17(2,3)23-16(24)15-12-7-22-8-13(12)15/h4-6,12-13,15,22H,7-9H2,1-3H3,(H,23,24)/t12-,13+,15?. The molecule has 1 aromatic rings. The molecule has 3 atom stereocenters. The molecule has 1 unspecified atom stereocenters. The molecule has 1 aliphatic heterocycles. The molecule has 25 heavy (non-hydrogen) atoms. The fourth-order valence-electron chi connectivity index (χ4n) is 3.51. The van der Waals surface area contributed by atoms with Crippen molar-refractivity contribution in [1.29, 1.82) is 0 Å². The smallest absolute Gasteiger partial charge is 0.416 e. The van der Waals surface area contributed by atoms with Crippen LogP contribution in [0.1, 0.15) is 25.0 Å². The molecule has 0 bridgehead atoms. The van der Waals surface area contributed by atoms with Crippen molar-refractivity contribution in [3.8, 4) is 5.75 Å². The van der Waals surface area contributed by atoms with Crippen molar-refractivity contribution in [2.24, 2.45) is 17.8 Å². The van der Waals surface area contributed by atoms with Gasteiger partial charge in [-0.25, -0.2) is 0 Å². The number of nitrogens with one attached hydrogen (secondary N) is 2. The number of carbonyl (C=O) groups is 1. The highest BCUT2D eigenvalue weighted by Gasteiger charge is 2.57. The molecule has 0 spiro atoms. The van der Waals surface area contributed by atoms with Crippen molar-refractivity contribution in [3.05, 3.63) is 29.3 Å². The van der Waals surface area contributed by atoms with E-state index in [2.05, 4.69) is 10.6 Å². The van der Waals surface area contributed by atoms with Crippen LogP contribution in [0.3, 0.4) is 0 Å². The summed E-state index contributed by atoms with van der Waals surface area (Å²) in [5.74, 6) is 1.38. The molecule has 1 saturated heterocycles. The molecule has 1 amide bonds. The number of amides is 1. The molecular weight excluding hydrogens is 333 g/mol. The van der Waals surface area contributed by atoms with Gasteiger partial charge in [0.15, 0.2) is 0 Å². The summed E-state index contributed by atoms with van der Waals surface area (Å²) in [7, 11) is 0. The maximum atomic E-state index is 12.7. The van der Waals surface area contributed by atoms with Crippen LogP contribution in [0.15, 0.2) is 18.2 Å². The van der Waals surface area contributed by atoms with E-state index in [-0.39, 0.29) is 18.4 Å². The molecule has 3 rings (SSSR count). The third kappa shape index (κ3) is 3.92. The predicted molar refractivity (Wildman–Crippen MR) is 87.2 cm³/mol. The van der Waals surface area contributed by atoms with Crippen LogP contribution in [-0.2, 0) is 11.0 Å². The number of alkyl halides is 3. The Hall–Kier alpha value is -1.76. The number of halogens is 3. The first-order chi connectivity index (χ1) is 11.6. The average Bonchev–Trinajstić information content (AvgIpc) is 2.98. The number of benzene rings is 1. The van der Waals surface area contributed by atoms with Crippen molar-refractivity contribution in [3.63, 3.8) is 0 Å². The molecule has 7 heteroatoms. The van der Waals surface area contributed by atoms with E-state index in [9.17, 15) is 18.0 Å². The Labute approximate surface area is 145 Å². The lowest BCUT2D eigenvalue weighted by molar-refractivity contribution is -0.137. The lowest BCUT2D eigenvalue weighted by Gasteiger charge is -2.27. The number of rotatable bonds is 5. The highest BCUT2D eigenvalue weighted by molar-refractivity contribution is 5.83. The van der Waals surface area contributed by atoms with E-state index >= 15 is 0 Å². The minimum absolute atomic E-state index is 0.0363. The lowest BCUT2D eigenvalue weighted by Crippen LogP contribution is -2.49. The summed E-state index contributed by atoms with van der Waals surface area (Å²) in [4.78, 5) is 12.3. The summed E-state index contributed by atoms with van der Waals surface area (Å²) in [6.07, 6.45) is -4.37. The van der Waals surface area contributed by atoms with Gasteiger partial charge in [-0.2, -0.15) is 13.2 Å². The van der Waals surface area contributed by atoms with Gasteiger partial charge in [-0.1, -0.05) is 0 Å². The van der Waals surface area contributed by atoms with Gasteiger partial charge >= 0.3 is 6.18 Å². The van der Waals surface area contributed by atoms with Gasteiger partial charge in [0.25, 0.3) is 0 Å². The molecule has 1 saturated carbocycles. The van der Waals surface area contributed by atoms with Gasteiger partial charge in [0.1, 0.15) is 12.4 Å². The number of hydrogen-bond donors (Lipinski definition) is 2. The van der Waals surface area contributed by atoms with Gasteiger partial charge in [-0.15, -0.1) is 0 Å². The zero-order valence-electron chi connectivity index (χ0n) is 14.5. The molecule has 4 nitrogen and oxygen atoms in total. The molecule has 0 radical (unpaired) electrons. The quantitative estimate of drug-likeness (QED) is 0.853. The monoisotopic (exact) mass is 356 g/mol. The lowest BCUT2D eigenvalue weighted by atomic mass is 10.1. The van der Waals surface area contributed by atoms with E-state index in [1.807, 2.05) is 13.8 Å². The van der Waals surface area contributed by atoms with Crippen LogP contribution >= 0.6 is 0 Å². The Morgan fingerprint density at radius 3 is 2.48 bits per heavy atom.